The molecule has 1 saturated carbocycles. The van der Waals surface area contributed by atoms with Gasteiger partial charge in [-0.3, -0.25) is 0 Å². The molecule has 0 unspecified atom stereocenters. The molecule has 84 valence electrons. The number of nitrogens with zero attached hydrogens (tertiary/aromatic N) is 3. The molecule has 5 nitrogen and oxygen atoms in total. The van der Waals surface area contributed by atoms with Crippen molar-refractivity contribution in [3.05, 3.63) is 18.2 Å². The molecule has 0 radical (unpaired) electrons. The van der Waals surface area contributed by atoms with Gasteiger partial charge in [0.25, 0.3) is 0 Å². The Hall–Kier alpha value is -1.62. The Bertz CT molecular complexity index is 516. The van der Waals surface area contributed by atoms with Crippen LogP contribution >= 0.6 is 0 Å². The number of ether oxygens (including phenoxy) is 1. The van der Waals surface area contributed by atoms with Crippen molar-refractivity contribution in [3.8, 4) is 0 Å². The van der Waals surface area contributed by atoms with Gasteiger partial charge in [0.1, 0.15) is 5.52 Å². The molecule has 1 aromatic carbocycles. The summed E-state index contributed by atoms with van der Waals surface area (Å²) in [5.41, 5.74) is 8.34. The van der Waals surface area contributed by atoms with Crippen LogP contribution in [0.4, 0.5) is 5.69 Å². The lowest BCUT2D eigenvalue weighted by Crippen LogP contribution is -2.33. The summed E-state index contributed by atoms with van der Waals surface area (Å²) < 4.78 is 7.24. The molecule has 0 bridgehead atoms. The zero-order chi connectivity index (χ0) is 11.1. The molecule has 1 aliphatic carbocycles. The first-order valence-corrected chi connectivity index (χ1v) is 5.41. The van der Waals surface area contributed by atoms with Crippen molar-refractivity contribution in [2.75, 3.05) is 12.8 Å². The molecule has 0 atom stereocenters. The molecular weight excluding hydrogens is 204 g/mol. The molecule has 0 aliphatic heterocycles. The lowest BCUT2D eigenvalue weighted by molar-refractivity contribution is 0.00332. The van der Waals surface area contributed by atoms with E-state index in [2.05, 4.69) is 10.3 Å². The number of anilines is 1. The van der Waals surface area contributed by atoms with Crippen molar-refractivity contribution < 1.29 is 4.74 Å². The van der Waals surface area contributed by atoms with Crippen molar-refractivity contribution in [1.29, 1.82) is 0 Å². The highest BCUT2D eigenvalue weighted by atomic mass is 16.5. The molecule has 16 heavy (non-hydrogen) atoms. The van der Waals surface area contributed by atoms with E-state index in [4.69, 9.17) is 10.5 Å². The van der Waals surface area contributed by atoms with E-state index >= 15 is 0 Å². The van der Waals surface area contributed by atoms with Crippen molar-refractivity contribution in [2.45, 2.75) is 25.0 Å². The summed E-state index contributed by atoms with van der Waals surface area (Å²) in [7, 11) is 1.75. The second-order valence-electron chi connectivity index (χ2n) is 4.27. The molecule has 0 amide bonds. The third kappa shape index (κ3) is 1.36. The highest BCUT2D eigenvalue weighted by Gasteiger charge is 2.32. The van der Waals surface area contributed by atoms with E-state index in [1.165, 1.54) is 0 Å². The monoisotopic (exact) mass is 218 g/mol. The summed E-state index contributed by atoms with van der Waals surface area (Å²) >= 11 is 0. The molecule has 0 saturated heterocycles. The first-order valence-electron chi connectivity index (χ1n) is 5.41. The van der Waals surface area contributed by atoms with Crippen LogP contribution < -0.4 is 5.73 Å². The number of hydrogen-bond acceptors (Lipinski definition) is 4. The summed E-state index contributed by atoms with van der Waals surface area (Å²) in [5, 5.41) is 8.31. The van der Waals surface area contributed by atoms with Gasteiger partial charge in [0.05, 0.1) is 17.7 Å². The second-order valence-corrected chi connectivity index (χ2v) is 4.27. The lowest BCUT2D eigenvalue weighted by atomic mass is 9.89. The third-order valence-corrected chi connectivity index (χ3v) is 3.24. The molecule has 2 aromatic rings. The number of nitrogen functional groups attached to an aromatic ring is 1. The highest BCUT2D eigenvalue weighted by Crippen LogP contribution is 2.35. The predicted octanol–water partition coefficient (Wildman–Crippen LogP) is 1.36. The second kappa shape index (κ2) is 3.45. The molecular formula is C11H14N4O. The van der Waals surface area contributed by atoms with Gasteiger partial charge in [0.2, 0.25) is 0 Å². The summed E-state index contributed by atoms with van der Waals surface area (Å²) in [6, 6.07) is 6.13. The fourth-order valence-electron chi connectivity index (χ4n) is 2.16. The van der Waals surface area contributed by atoms with E-state index < -0.39 is 0 Å². The fraction of sp³-hybridized carbons (Fsp3) is 0.455. The van der Waals surface area contributed by atoms with Gasteiger partial charge < -0.3 is 10.5 Å². The van der Waals surface area contributed by atoms with Crippen LogP contribution in [0.3, 0.4) is 0 Å². The van der Waals surface area contributed by atoms with Gasteiger partial charge in [0, 0.05) is 12.8 Å². The molecule has 5 heteroatoms. The van der Waals surface area contributed by atoms with Gasteiger partial charge in [-0.2, -0.15) is 0 Å². The van der Waals surface area contributed by atoms with E-state index in [1.807, 2.05) is 22.9 Å². The van der Waals surface area contributed by atoms with Crippen molar-refractivity contribution in [1.82, 2.24) is 15.0 Å². The highest BCUT2D eigenvalue weighted by molar-refractivity contribution is 5.78. The van der Waals surface area contributed by atoms with E-state index in [0.29, 0.717) is 12.1 Å². The zero-order valence-electron chi connectivity index (χ0n) is 9.13. The number of rotatable bonds is 2. The van der Waals surface area contributed by atoms with E-state index in [-0.39, 0.29) is 0 Å². The van der Waals surface area contributed by atoms with Crippen LogP contribution in [-0.4, -0.2) is 28.2 Å². The van der Waals surface area contributed by atoms with Gasteiger partial charge in [0.15, 0.2) is 0 Å². The first kappa shape index (κ1) is 9.59. The number of benzene rings is 1. The van der Waals surface area contributed by atoms with Crippen molar-refractivity contribution >= 4 is 16.7 Å². The van der Waals surface area contributed by atoms with Crippen LogP contribution in [-0.2, 0) is 4.74 Å². The van der Waals surface area contributed by atoms with E-state index in [9.17, 15) is 0 Å². The number of fused-ring (bicyclic) bond motifs is 1. The van der Waals surface area contributed by atoms with Gasteiger partial charge in [-0.1, -0.05) is 5.21 Å². The Morgan fingerprint density at radius 2 is 2.25 bits per heavy atom. The van der Waals surface area contributed by atoms with Crippen molar-refractivity contribution in [3.63, 3.8) is 0 Å². The van der Waals surface area contributed by atoms with Crippen LogP contribution in [0, 0.1) is 0 Å². The number of nitrogens with two attached hydrogens (primary N) is 1. The van der Waals surface area contributed by atoms with Crippen LogP contribution in [0.1, 0.15) is 18.9 Å². The Labute approximate surface area is 93.2 Å². The van der Waals surface area contributed by atoms with Crippen LogP contribution in [0.5, 0.6) is 0 Å². The fourth-order valence-corrected chi connectivity index (χ4v) is 2.16. The van der Waals surface area contributed by atoms with Gasteiger partial charge >= 0.3 is 0 Å². The first-order chi connectivity index (χ1) is 7.78. The third-order valence-electron chi connectivity index (χ3n) is 3.24. The molecule has 3 rings (SSSR count). The topological polar surface area (TPSA) is 66.0 Å². The quantitative estimate of drug-likeness (QED) is 0.773. The number of hydrogen-bond donors (Lipinski definition) is 1. The SMILES string of the molecule is COC1CC(n2nnc3cc(N)ccc32)C1. The molecule has 2 N–H and O–H groups in total. The summed E-state index contributed by atoms with van der Waals surface area (Å²) in [6.45, 7) is 0. The predicted molar refractivity (Wildman–Crippen MR) is 61.0 cm³/mol. The summed E-state index contributed by atoms with van der Waals surface area (Å²) in [4.78, 5) is 0. The average Bonchev–Trinajstić information content (AvgIpc) is 2.60. The normalized spacial score (nSPS) is 24.6. The molecule has 1 heterocycles. The lowest BCUT2D eigenvalue weighted by Gasteiger charge is -2.34. The molecule has 1 aliphatic rings. The Kier molecular flexibility index (Phi) is 2.07. The van der Waals surface area contributed by atoms with Gasteiger partial charge in [-0.05, 0) is 31.0 Å². The van der Waals surface area contributed by atoms with Crippen molar-refractivity contribution in [2.24, 2.45) is 0 Å². The standard InChI is InChI=1S/C11H14N4O/c1-16-9-5-8(6-9)15-11-3-2-7(12)4-10(11)13-14-15/h2-4,8-9H,5-6,12H2,1H3. The number of methoxy groups -OCH3 is 1. The minimum atomic E-state index is 0.373. The Morgan fingerprint density at radius 3 is 3.00 bits per heavy atom. The maximum Gasteiger partial charge on any atom is 0.115 e. The van der Waals surface area contributed by atoms with Crippen LogP contribution in [0.25, 0.3) is 11.0 Å². The minimum Gasteiger partial charge on any atom is -0.399 e. The zero-order valence-corrected chi connectivity index (χ0v) is 9.13. The minimum absolute atomic E-state index is 0.373. The van der Waals surface area contributed by atoms with Gasteiger partial charge in [-0.15, -0.1) is 5.10 Å². The van der Waals surface area contributed by atoms with E-state index in [1.54, 1.807) is 7.11 Å². The average molecular weight is 218 g/mol. The maximum absolute atomic E-state index is 5.70. The molecule has 1 aromatic heterocycles. The maximum atomic E-state index is 5.70. The largest absolute Gasteiger partial charge is 0.399 e. The van der Waals surface area contributed by atoms with Crippen LogP contribution in [0.15, 0.2) is 18.2 Å². The Balaban J connectivity index is 1.94. The van der Waals surface area contributed by atoms with E-state index in [0.717, 1.165) is 29.6 Å². The number of aromatic nitrogens is 3. The summed E-state index contributed by atoms with van der Waals surface area (Å²) in [6.07, 6.45) is 2.40. The molecule has 1 fully saturated rings. The Morgan fingerprint density at radius 1 is 1.44 bits per heavy atom. The summed E-state index contributed by atoms with van der Waals surface area (Å²) in [5.74, 6) is 0. The smallest absolute Gasteiger partial charge is 0.115 e. The molecule has 0 spiro atoms. The van der Waals surface area contributed by atoms with Gasteiger partial charge in [-0.25, -0.2) is 4.68 Å². The van der Waals surface area contributed by atoms with Crippen LogP contribution in [0.2, 0.25) is 0 Å².